The van der Waals surface area contributed by atoms with Gasteiger partial charge in [-0.2, -0.15) is 0 Å². The van der Waals surface area contributed by atoms with E-state index < -0.39 is 23.8 Å². The molecule has 2 aliphatic rings. The van der Waals surface area contributed by atoms with Gasteiger partial charge in [-0.15, -0.1) is 11.8 Å². The summed E-state index contributed by atoms with van der Waals surface area (Å²) in [5.74, 6) is 0.563. The lowest BCUT2D eigenvalue weighted by Gasteiger charge is -2.44. The average Bonchev–Trinajstić information content (AvgIpc) is 2.86. The number of ether oxygens (including phenoxy) is 5. The van der Waals surface area contributed by atoms with Crippen molar-refractivity contribution in [2.75, 3.05) is 26.4 Å². The summed E-state index contributed by atoms with van der Waals surface area (Å²) >= 11 is 1.45. The first-order chi connectivity index (χ1) is 13.7. The number of carbonyl (C=O) groups excluding carboxylic acids is 2. The van der Waals surface area contributed by atoms with Gasteiger partial charge in [0, 0.05) is 18.2 Å². The van der Waals surface area contributed by atoms with Crippen LogP contribution in [-0.4, -0.2) is 56.0 Å². The molecule has 3 atom stereocenters. The molecular formula is C21H26O7S. The number of methoxy groups -OCH3 is 2. The predicted octanol–water partition coefficient (Wildman–Crippen LogP) is 3.20. The van der Waals surface area contributed by atoms with Crippen molar-refractivity contribution in [2.24, 2.45) is 0 Å². The minimum absolute atomic E-state index is 0.155. The average molecular weight is 422 g/mol. The van der Waals surface area contributed by atoms with Crippen molar-refractivity contribution in [1.82, 2.24) is 0 Å². The molecule has 1 aliphatic heterocycles. The zero-order valence-electron chi connectivity index (χ0n) is 17.7. The van der Waals surface area contributed by atoms with Gasteiger partial charge in [0.1, 0.15) is 22.7 Å². The van der Waals surface area contributed by atoms with E-state index in [1.54, 1.807) is 33.9 Å². The van der Waals surface area contributed by atoms with Crippen LogP contribution in [-0.2, 0) is 19.0 Å². The Balaban J connectivity index is 2.23. The Bertz CT molecular complexity index is 892. The van der Waals surface area contributed by atoms with Gasteiger partial charge in [-0.3, -0.25) is 4.79 Å². The van der Waals surface area contributed by atoms with Crippen molar-refractivity contribution in [2.45, 2.75) is 45.5 Å². The van der Waals surface area contributed by atoms with Crippen LogP contribution in [0.4, 0.5) is 0 Å². The number of rotatable bonds is 5. The van der Waals surface area contributed by atoms with Crippen molar-refractivity contribution < 1.29 is 33.3 Å². The zero-order chi connectivity index (χ0) is 21.5. The van der Waals surface area contributed by atoms with Crippen LogP contribution >= 0.6 is 11.8 Å². The second-order valence-corrected chi connectivity index (χ2v) is 8.12. The maximum Gasteiger partial charge on any atom is 0.347 e. The number of hydrogen-bond donors (Lipinski definition) is 0. The fourth-order valence-corrected chi connectivity index (χ4v) is 4.07. The molecule has 8 heteroatoms. The largest absolute Gasteiger partial charge is 0.496 e. The number of thioether (sulfide) groups is 1. The molecule has 0 saturated heterocycles. The molecule has 1 aromatic rings. The van der Waals surface area contributed by atoms with Gasteiger partial charge in [0.2, 0.25) is 0 Å². The number of Topliss-reactive ketones (excluding diaryl/α,β-unsaturated/α-hetero) is 1. The number of fused-ring (bicyclic) bond motifs is 2. The Kier molecular flexibility index (Phi) is 5.98. The van der Waals surface area contributed by atoms with Crippen LogP contribution in [0, 0.1) is 13.8 Å². The van der Waals surface area contributed by atoms with Gasteiger partial charge in [0.15, 0.2) is 23.8 Å². The standard InChI is InChI=1S/C21H26O7S/c1-10-8-13(24-5)11(2)16-14(10)20(23)28-17-12(3)15(22)18(26-9-29-7)21(4,25-6)19(17)27-16/h8,18-19H,9H2,1-7H3/t18-,19-,21-/m1/s1. The number of ketones is 1. The molecule has 0 saturated carbocycles. The SMILES string of the molecule is COc1cc(C)c2c(c1C)O[C@@H]1C(=C(C)C(=O)[C@@H](OCSC)[C@@]1(C)OC)OC2=O. The summed E-state index contributed by atoms with van der Waals surface area (Å²) in [6.07, 6.45) is 0.123. The van der Waals surface area contributed by atoms with Crippen molar-refractivity contribution in [3.05, 3.63) is 34.1 Å². The monoisotopic (exact) mass is 422 g/mol. The van der Waals surface area contributed by atoms with Gasteiger partial charge < -0.3 is 23.7 Å². The number of benzene rings is 1. The van der Waals surface area contributed by atoms with E-state index in [0.717, 1.165) is 0 Å². The summed E-state index contributed by atoms with van der Waals surface area (Å²) < 4.78 is 29.1. The Hall–Kier alpha value is -2.03. The van der Waals surface area contributed by atoms with E-state index in [1.165, 1.54) is 18.9 Å². The van der Waals surface area contributed by atoms with Crippen molar-refractivity contribution in [3.63, 3.8) is 0 Å². The molecule has 158 valence electrons. The molecule has 1 aromatic carbocycles. The second kappa shape index (κ2) is 8.01. The summed E-state index contributed by atoms with van der Waals surface area (Å²) in [7, 11) is 3.05. The van der Waals surface area contributed by atoms with Crippen LogP contribution < -0.4 is 9.47 Å². The highest BCUT2D eigenvalue weighted by molar-refractivity contribution is 7.98. The highest BCUT2D eigenvalue weighted by Crippen LogP contribution is 2.45. The van der Waals surface area contributed by atoms with Crippen LogP contribution in [0.15, 0.2) is 17.4 Å². The molecule has 0 spiro atoms. The van der Waals surface area contributed by atoms with E-state index in [2.05, 4.69) is 0 Å². The van der Waals surface area contributed by atoms with Crippen LogP contribution in [0.2, 0.25) is 0 Å². The van der Waals surface area contributed by atoms with Crippen LogP contribution in [0.25, 0.3) is 0 Å². The first-order valence-corrected chi connectivity index (χ1v) is 10.6. The maximum atomic E-state index is 13.0. The van der Waals surface area contributed by atoms with Crippen LogP contribution in [0.1, 0.15) is 35.3 Å². The normalized spacial score (nSPS) is 26.3. The molecule has 0 N–H and O–H groups in total. The van der Waals surface area contributed by atoms with E-state index in [9.17, 15) is 9.59 Å². The summed E-state index contributed by atoms with van der Waals surface area (Å²) in [6, 6.07) is 1.76. The maximum absolute atomic E-state index is 13.0. The first kappa shape index (κ1) is 21.7. The quantitative estimate of drug-likeness (QED) is 0.529. The van der Waals surface area contributed by atoms with Crippen LogP contribution in [0.5, 0.6) is 11.5 Å². The Morgan fingerprint density at radius 3 is 2.48 bits per heavy atom. The minimum atomic E-state index is -1.20. The molecule has 0 unspecified atom stereocenters. The summed E-state index contributed by atoms with van der Waals surface area (Å²) in [4.78, 5) is 26.0. The topological polar surface area (TPSA) is 80.3 Å². The fraction of sp³-hybridized carbons (Fsp3) is 0.524. The molecule has 29 heavy (non-hydrogen) atoms. The second-order valence-electron chi connectivity index (χ2n) is 7.31. The molecule has 0 fully saturated rings. The Morgan fingerprint density at radius 1 is 1.21 bits per heavy atom. The van der Waals surface area contributed by atoms with E-state index in [-0.39, 0.29) is 11.5 Å². The molecule has 0 amide bonds. The highest BCUT2D eigenvalue weighted by atomic mass is 32.2. The third-order valence-electron chi connectivity index (χ3n) is 5.59. The molecule has 0 radical (unpaired) electrons. The Morgan fingerprint density at radius 2 is 1.90 bits per heavy atom. The molecule has 3 rings (SSSR count). The zero-order valence-corrected chi connectivity index (χ0v) is 18.5. The molecule has 0 aromatic heterocycles. The van der Waals surface area contributed by atoms with Gasteiger partial charge in [-0.05, 0) is 45.6 Å². The molecule has 7 nitrogen and oxygen atoms in total. The van der Waals surface area contributed by atoms with Crippen molar-refractivity contribution >= 4 is 23.5 Å². The molecule has 1 aliphatic carbocycles. The van der Waals surface area contributed by atoms with Crippen LogP contribution in [0.3, 0.4) is 0 Å². The fourth-order valence-electron chi connectivity index (χ4n) is 3.80. The van der Waals surface area contributed by atoms with E-state index >= 15 is 0 Å². The lowest BCUT2D eigenvalue weighted by Crippen LogP contribution is -2.61. The molecule has 1 heterocycles. The highest BCUT2D eigenvalue weighted by Gasteiger charge is 2.57. The summed E-state index contributed by atoms with van der Waals surface area (Å²) in [5, 5.41) is 0. The number of esters is 1. The van der Waals surface area contributed by atoms with Gasteiger partial charge >= 0.3 is 5.97 Å². The first-order valence-electron chi connectivity index (χ1n) is 9.18. The third-order valence-corrected chi connectivity index (χ3v) is 5.96. The minimum Gasteiger partial charge on any atom is -0.496 e. The lowest BCUT2D eigenvalue weighted by molar-refractivity contribution is -0.173. The van der Waals surface area contributed by atoms with E-state index in [1.807, 2.05) is 13.2 Å². The Labute approximate surface area is 174 Å². The number of hydrogen-bond acceptors (Lipinski definition) is 8. The lowest BCUT2D eigenvalue weighted by atomic mass is 9.79. The number of aryl methyl sites for hydroxylation is 1. The van der Waals surface area contributed by atoms with Crippen molar-refractivity contribution in [1.29, 1.82) is 0 Å². The third kappa shape index (κ3) is 3.33. The van der Waals surface area contributed by atoms with E-state index in [4.69, 9.17) is 23.7 Å². The smallest absolute Gasteiger partial charge is 0.347 e. The van der Waals surface area contributed by atoms with Crippen molar-refractivity contribution in [3.8, 4) is 11.5 Å². The van der Waals surface area contributed by atoms with Gasteiger partial charge in [0.05, 0.1) is 13.0 Å². The number of carbonyl (C=O) groups is 2. The van der Waals surface area contributed by atoms with Gasteiger partial charge in [-0.25, -0.2) is 4.79 Å². The molecule has 0 bridgehead atoms. The summed E-state index contributed by atoms with van der Waals surface area (Å²) in [6.45, 7) is 6.94. The molecular weight excluding hydrogens is 396 g/mol. The summed E-state index contributed by atoms with van der Waals surface area (Å²) in [5.41, 5.74) is 0.725. The van der Waals surface area contributed by atoms with E-state index in [0.29, 0.717) is 39.7 Å². The predicted molar refractivity (Wildman–Crippen MR) is 109 cm³/mol. The van der Waals surface area contributed by atoms with Gasteiger partial charge in [-0.1, -0.05) is 0 Å². The van der Waals surface area contributed by atoms with Gasteiger partial charge in [0.25, 0.3) is 0 Å².